The number of benzene rings is 1. The molecule has 1 heterocycles. The quantitative estimate of drug-likeness (QED) is 0.713. The maximum Gasteiger partial charge on any atom is 0.350 e. The summed E-state index contributed by atoms with van der Waals surface area (Å²) < 4.78 is 5.03. The number of carbonyl (C=O) groups excluding carboxylic acids is 2. The lowest BCUT2D eigenvalue weighted by atomic mass is 10.2. The Morgan fingerprint density at radius 3 is 2.62 bits per heavy atom. The summed E-state index contributed by atoms with van der Waals surface area (Å²) >= 11 is 7.30. The predicted octanol–water partition coefficient (Wildman–Crippen LogP) is 4.34. The molecule has 0 aliphatic rings. The fourth-order valence-corrected chi connectivity index (χ4v) is 3.37. The minimum atomic E-state index is -0.416. The zero-order valence-corrected chi connectivity index (χ0v) is 15.4. The van der Waals surface area contributed by atoms with Gasteiger partial charge in [0.1, 0.15) is 4.88 Å². The van der Waals surface area contributed by atoms with Crippen molar-refractivity contribution in [3.8, 4) is 0 Å². The molecule has 7 heteroatoms. The van der Waals surface area contributed by atoms with E-state index in [1.165, 1.54) is 0 Å². The molecule has 0 N–H and O–H groups in total. The summed E-state index contributed by atoms with van der Waals surface area (Å²) in [5, 5.41) is 0.866. The van der Waals surface area contributed by atoms with Gasteiger partial charge >= 0.3 is 5.97 Å². The lowest BCUT2D eigenvalue weighted by molar-refractivity contribution is 0.0531. The molecule has 0 unspecified atom stereocenters. The van der Waals surface area contributed by atoms with Crippen LogP contribution in [-0.2, 0) is 4.74 Å². The normalized spacial score (nSPS) is 10.5. The average Bonchev–Trinajstić information content (AvgIpc) is 2.94. The van der Waals surface area contributed by atoms with E-state index in [0.29, 0.717) is 39.4 Å². The SMILES string of the molecule is CCCN(C(=O)c1ccccc1Cl)c1nc(C)c(C(=O)OCC)s1. The average molecular weight is 367 g/mol. The van der Waals surface area contributed by atoms with E-state index in [2.05, 4.69) is 4.98 Å². The molecule has 128 valence electrons. The fraction of sp³-hybridized carbons (Fsp3) is 0.353. The maximum atomic E-state index is 12.9. The number of hydrogen-bond acceptors (Lipinski definition) is 5. The van der Waals surface area contributed by atoms with Crippen LogP contribution >= 0.6 is 22.9 Å². The van der Waals surface area contributed by atoms with Crippen LogP contribution in [0.2, 0.25) is 5.02 Å². The standard InChI is InChI=1S/C17H19ClN2O3S/c1-4-10-20(15(21)12-8-6-7-9-13(12)18)17-19-11(3)14(24-17)16(22)23-5-2/h6-9H,4-5,10H2,1-3H3. The van der Waals surface area contributed by atoms with Crippen LogP contribution in [0.15, 0.2) is 24.3 Å². The van der Waals surface area contributed by atoms with E-state index < -0.39 is 5.97 Å². The van der Waals surface area contributed by atoms with Gasteiger partial charge in [0, 0.05) is 6.54 Å². The van der Waals surface area contributed by atoms with Crippen LogP contribution in [0, 0.1) is 6.92 Å². The van der Waals surface area contributed by atoms with Crippen LogP contribution < -0.4 is 4.90 Å². The van der Waals surface area contributed by atoms with Gasteiger partial charge in [-0.1, -0.05) is 42.0 Å². The highest BCUT2D eigenvalue weighted by Crippen LogP contribution is 2.29. The molecule has 0 bridgehead atoms. The molecule has 1 aromatic heterocycles. The van der Waals surface area contributed by atoms with Gasteiger partial charge in [0.2, 0.25) is 0 Å². The number of aromatic nitrogens is 1. The molecule has 24 heavy (non-hydrogen) atoms. The van der Waals surface area contributed by atoms with Gasteiger partial charge in [-0.05, 0) is 32.4 Å². The highest BCUT2D eigenvalue weighted by atomic mass is 35.5. The molecular weight excluding hydrogens is 348 g/mol. The largest absolute Gasteiger partial charge is 0.462 e. The van der Waals surface area contributed by atoms with E-state index in [1.807, 2.05) is 6.92 Å². The number of rotatable bonds is 6. The number of nitrogens with zero attached hydrogens (tertiary/aromatic N) is 2. The molecule has 0 radical (unpaired) electrons. The summed E-state index contributed by atoms with van der Waals surface area (Å²) in [6.07, 6.45) is 0.754. The third kappa shape index (κ3) is 3.94. The molecule has 0 saturated heterocycles. The lowest BCUT2D eigenvalue weighted by Crippen LogP contribution is -2.31. The van der Waals surface area contributed by atoms with Gasteiger partial charge in [-0.25, -0.2) is 9.78 Å². The Labute approximate surface area is 150 Å². The van der Waals surface area contributed by atoms with Crippen molar-refractivity contribution in [1.29, 1.82) is 0 Å². The number of aryl methyl sites for hydroxylation is 1. The Morgan fingerprint density at radius 1 is 1.29 bits per heavy atom. The zero-order valence-electron chi connectivity index (χ0n) is 13.8. The summed E-state index contributed by atoms with van der Waals surface area (Å²) in [6, 6.07) is 6.90. The monoisotopic (exact) mass is 366 g/mol. The van der Waals surface area contributed by atoms with Crippen molar-refractivity contribution in [3.05, 3.63) is 45.4 Å². The predicted molar refractivity (Wildman–Crippen MR) is 96.2 cm³/mol. The van der Waals surface area contributed by atoms with Crippen LogP contribution in [0.5, 0.6) is 0 Å². The Hall–Kier alpha value is -1.92. The summed E-state index contributed by atoms with van der Waals surface area (Å²) in [4.78, 5) is 31.2. The molecule has 1 aromatic carbocycles. The van der Waals surface area contributed by atoms with Crippen molar-refractivity contribution in [1.82, 2.24) is 4.98 Å². The van der Waals surface area contributed by atoms with Gasteiger partial charge in [-0.3, -0.25) is 9.69 Å². The summed E-state index contributed by atoms with van der Waals surface area (Å²) in [5.74, 6) is -0.646. The molecule has 5 nitrogen and oxygen atoms in total. The van der Waals surface area contributed by atoms with Gasteiger partial charge in [-0.2, -0.15) is 0 Å². The number of amides is 1. The molecule has 0 atom stereocenters. The fourth-order valence-electron chi connectivity index (χ4n) is 2.17. The van der Waals surface area contributed by atoms with E-state index in [9.17, 15) is 9.59 Å². The molecule has 0 saturated carbocycles. The molecule has 2 rings (SSSR count). The second kappa shape index (κ2) is 8.26. The van der Waals surface area contributed by atoms with Crippen molar-refractivity contribution in [2.45, 2.75) is 27.2 Å². The van der Waals surface area contributed by atoms with Crippen molar-refractivity contribution in [2.75, 3.05) is 18.1 Å². The first-order valence-corrected chi connectivity index (χ1v) is 8.89. The van der Waals surface area contributed by atoms with Crippen LogP contribution in [-0.4, -0.2) is 30.0 Å². The third-order valence-electron chi connectivity index (χ3n) is 3.27. The first kappa shape index (κ1) is 18.4. The minimum Gasteiger partial charge on any atom is -0.462 e. The van der Waals surface area contributed by atoms with Crippen LogP contribution in [0.25, 0.3) is 0 Å². The van der Waals surface area contributed by atoms with Gasteiger partial charge < -0.3 is 4.74 Å². The number of hydrogen-bond donors (Lipinski definition) is 0. The molecule has 0 spiro atoms. The Morgan fingerprint density at radius 2 is 2.00 bits per heavy atom. The lowest BCUT2D eigenvalue weighted by Gasteiger charge is -2.19. The number of carbonyl (C=O) groups is 2. The van der Waals surface area contributed by atoms with E-state index in [4.69, 9.17) is 16.3 Å². The Balaban J connectivity index is 2.38. The van der Waals surface area contributed by atoms with Crippen molar-refractivity contribution >= 4 is 39.9 Å². The van der Waals surface area contributed by atoms with Gasteiger partial charge in [0.25, 0.3) is 5.91 Å². The van der Waals surface area contributed by atoms with Crippen LogP contribution in [0.3, 0.4) is 0 Å². The van der Waals surface area contributed by atoms with Gasteiger partial charge in [0.05, 0.1) is 22.9 Å². The minimum absolute atomic E-state index is 0.230. The number of esters is 1. The first-order valence-electron chi connectivity index (χ1n) is 7.70. The summed E-state index contributed by atoms with van der Waals surface area (Å²) in [6.45, 7) is 6.23. The smallest absolute Gasteiger partial charge is 0.350 e. The number of ether oxygens (including phenoxy) is 1. The third-order valence-corrected chi connectivity index (χ3v) is 4.76. The van der Waals surface area contributed by atoms with Crippen LogP contribution in [0.4, 0.5) is 5.13 Å². The van der Waals surface area contributed by atoms with E-state index in [-0.39, 0.29) is 5.91 Å². The van der Waals surface area contributed by atoms with Gasteiger partial charge in [-0.15, -0.1) is 0 Å². The second-order valence-corrected chi connectivity index (χ2v) is 6.45. The van der Waals surface area contributed by atoms with E-state index >= 15 is 0 Å². The van der Waals surface area contributed by atoms with Crippen molar-refractivity contribution in [2.24, 2.45) is 0 Å². The van der Waals surface area contributed by atoms with E-state index in [0.717, 1.165) is 17.8 Å². The zero-order chi connectivity index (χ0) is 17.7. The van der Waals surface area contributed by atoms with Crippen molar-refractivity contribution < 1.29 is 14.3 Å². The Kier molecular flexibility index (Phi) is 6.34. The summed E-state index contributed by atoms with van der Waals surface area (Å²) in [5.41, 5.74) is 0.972. The summed E-state index contributed by atoms with van der Waals surface area (Å²) in [7, 11) is 0. The highest BCUT2D eigenvalue weighted by Gasteiger charge is 2.25. The molecule has 0 aliphatic carbocycles. The molecule has 0 fully saturated rings. The maximum absolute atomic E-state index is 12.9. The molecule has 1 amide bonds. The highest BCUT2D eigenvalue weighted by molar-refractivity contribution is 7.17. The second-order valence-electron chi connectivity index (χ2n) is 5.07. The number of thiazole rings is 1. The molecular formula is C17H19ClN2O3S. The Bertz CT molecular complexity index is 745. The van der Waals surface area contributed by atoms with E-state index in [1.54, 1.807) is 43.0 Å². The molecule has 2 aromatic rings. The van der Waals surface area contributed by atoms with Crippen LogP contribution in [0.1, 0.15) is 46.0 Å². The van der Waals surface area contributed by atoms with Gasteiger partial charge in [0.15, 0.2) is 5.13 Å². The molecule has 0 aliphatic heterocycles. The number of halogens is 1. The topological polar surface area (TPSA) is 59.5 Å². The first-order chi connectivity index (χ1) is 11.5. The van der Waals surface area contributed by atoms with Crippen molar-refractivity contribution in [3.63, 3.8) is 0 Å². The number of anilines is 1.